The number of hydrogen-bond acceptors (Lipinski definition) is 1. The minimum Gasteiger partial charge on any atom is -0.330 e. The van der Waals surface area contributed by atoms with Gasteiger partial charge >= 0.3 is 0 Å². The van der Waals surface area contributed by atoms with Crippen molar-refractivity contribution in [2.75, 3.05) is 6.54 Å². The Kier molecular flexibility index (Phi) is 3.55. The lowest BCUT2D eigenvalue weighted by Crippen LogP contribution is -2.08. The molecule has 0 unspecified atom stereocenters. The molecule has 0 amide bonds. The van der Waals surface area contributed by atoms with Crippen molar-refractivity contribution in [2.45, 2.75) is 12.8 Å². The molecule has 0 heterocycles. The van der Waals surface area contributed by atoms with Gasteiger partial charge in [-0.05, 0) is 29.7 Å². The molecule has 0 radical (unpaired) electrons. The smallest absolute Gasteiger partial charge is 0.131 e. The Morgan fingerprint density at radius 2 is 1.71 bits per heavy atom. The van der Waals surface area contributed by atoms with Gasteiger partial charge in [0.1, 0.15) is 5.82 Å². The Morgan fingerprint density at radius 3 is 2.29 bits per heavy atom. The van der Waals surface area contributed by atoms with Crippen LogP contribution >= 0.6 is 0 Å². The Bertz CT molecular complexity index is 491. The maximum atomic E-state index is 13.6. The first kappa shape index (κ1) is 11.8. The molecule has 0 aliphatic rings. The molecule has 2 rings (SSSR count). The summed E-state index contributed by atoms with van der Waals surface area (Å²) >= 11 is 0. The topological polar surface area (TPSA) is 26.0 Å². The maximum absolute atomic E-state index is 13.6. The van der Waals surface area contributed by atoms with Gasteiger partial charge in [0.25, 0.3) is 0 Å². The molecule has 0 aliphatic heterocycles. The molecule has 0 spiro atoms. The first-order chi connectivity index (χ1) is 8.22. The quantitative estimate of drug-likeness (QED) is 0.855. The van der Waals surface area contributed by atoms with Crippen LogP contribution in [0.5, 0.6) is 0 Å². The Morgan fingerprint density at radius 1 is 1.06 bits per heavy atom. The molecule has 2 aromatic rings. The van der Waals surface area contributed by atoms with E-state index >= 15 is 0 Å². The molecule has 2 heteroatoms. The Hall–Kier alpha value is -1.67. The van der Waals surface area contributed by atoms with Crippen molar-refractivity contribution in [1.82, 2.24) is 0 Å². The highest BCUT2D eigenvalue weighted by Crippen LogP contribution is 2.24. The van der Waals surface area contributed by atoms with E-state index in [9.17, 15) is 4.39 Å². The number of hydrogen-bond donors (Lipinski definition) is 1. The maximum Gasteiger partial charge on any atom is 0.131 e. The SMILES string of the molecule is C[C@H](CN)c1ccc(-c2ccccc2F)cc1. The highest BCUT2D eigenvalue weighted by Gasteiger charge is 2.06. The van der Waals surface area contributed by atoms with E-state index in [1.54, 1.807) is 12.1 Å². The van der Waals surface area contributed by atoms with Crippen LogP contribution in [0.25, 0.3) is 11.1 Å². The van der Waals surface area contributed by atoms with E-state index in [-0.39, 0.29) is 5.82 Å². The van der Waals surface area contributed by atoms with E-state index in [2.05, 4.69) is 6.92 Å². The van der Waals surface area contributed by atoms with Gasteiger partial charge in [0.15, 0.2) is 0 Å². The van der Waals surface area contributed by atoms with Crippen molar-refractivity contribution in [2.24, 2.45) is 5.73 Å². The average molecular weight is 229 g/mol. The minimum atomic E-state index is -0.188. The number of halogens is 1. The lowest BCUT2D eigenvalue weighted by Gasteiger charge is -2.10. The average Bonchev–Trinajstić information content (AvgIpc) is 2.39. The van der Waals surface area contributed by atoms with Crippen LogP contribution in [-0.2, 0) is 0 Å². The fourth-order valence-electron chi connectivity index (χ4n) is 1.82. The molecule has 1 atom stereocenters. The van der Waals surface area contributed by atoms with Crippen LogP contribution in [0.15, 0.2) is 48.5 Å². The van der Waals surface area contributed by atoms with Crippen LogP contribution in [0.1, 0.15) is 18.4 Å². The molecular weight excluding hydrogens is 213 g/mol. The van der Waals surface area contributed by atoms with E-state index in [1.165, 1.54) is 11.6 Å². The number of rotatable bonds is 3. The normalized spacial score (nSPS) is 12.4. The summed E-state index contributed by atoms with van der Waals surface area (Å²) in [7, 11) is 0. The van der Waals surface area contributed by atoms with E-state index in [0.29, 0.717) is 18.0 Å². The van der Waals surface area contributed by atoms with E-state index in [1.807, 2.05) is 30.3 Å². The fraction of sp³-hybridized carbons (Fsp3) is 0.200. The number of benzene rings is 2. The summed E-state index contributed by atoms with van der Waals surface area (Å²) in [6.07, 6.45) is 0. The molecule has 0 bridgehead atoms. The van der Waals surface area contributed by atoms with E-state index in [0.717, 1.165) is 5.56 Å². The zero-order chi connectivity index (χ0) is 12.3. The van der Waals surface area contributed by atoms with Gasteiger partial charge in [0.05, 0.1) is 0 Å². The predicted molar refractivity (Wildman–Crippen MR) is 69.3 cm³/mol. The largest absolute Gasteiger partial charge is 0.330 e. The lowest BCUT2D eigenvalue weighted by atomic mass is 9.97. The first-order valence-corrected chi connectivity index (χ1v) is 5.77. The Balaban J connectivity index is 2.33. The third-order valence-electron chi connectivity index (χ3n) is 3.02. The summed E-state index contributed by atoms with van der Waals surface area (Å²) in [6.45, 7) is 2.71. The van der Waals surface area contributed by atoms with Crippen LogP contribution < -0.4 is 5.73 Å². The van der Waals surface area contributed by atoms with Crippen molar-refractivity contribution in [3.8, 4) is 11.1 Å². The van der Waals surface area contributed by atoms with Gasteiger partial charge in [-0.25, -0.2) is 4.39 Å². The van der Waals surface area contributed by atoms with Gasteiger partial charge in [-0.2, -0.15) is 0 Å². The zero-order valence-electron chi connectivity index (χ0n) is 9.86. The second-order valence-corrected chi connectivity index (χ2v) is 4.24. The molecular formula is C15H16FN. The van der Waals surface area contributed by atoms with E-state index < -0.39 is 0 Å². The van der Waals surface area contributed by atoms with Crippen LogP contribution in [0.4, 0.5) is 4.39 Å². The van der Waals surface area contributed by atoms with Crippen molar-refractivity contribution in [3.05, 3.63) is 59.9 Å². The van der Waals surface area contributed by atoms with Gasteiger partial charge in [0, 0.05) is 5.56 Å². The summed E-state index contributed by atoms with van der Waals surface area (Å²) in [5, 5.41) is 0. The van der Waals surface area contributed by atoms with Gasteiger partial charge in [-0.15, -0.1) is 0 Å². The van der Waals surface area contributed by atoms with Gasteiger partial charge in [-0.3, -0.25) is 0 Å². The van der Waals surface area contributed by atoms with Crippen molar-refractivity contribution in [3.63, 3.8) is 0 Å². The van der Waals surface area contributed by atoms with Crippen LogP contribution in [0.2, 0.25) is 0 Å². The highest BCUT2D eigenvalue weighted by atomic mass is 19.1. The van der Waals surface area contributed by atoms with E-state index in [4.69, 9.17) is 5.73 Å². The number of nitrogens with two attached hydrogens (primary N) is 1. The zero-order valence-corrected chi connectivity index (χ0v) is 9.86. The second-order valence-electron chi connectivity index (χ2n) is 4.24. The first-order valence-electron chi connectivity index (χ1n) is 5.77. The summed E-state index contributed by atoms with van der Waals surface area (Å²) in [6, 6.07) is 14.7. The van der Waals surface area contributed by atoms with Gasteiger partial charge in [0.2, 0.25) is 0 Å². The summed E-state index contributed by atoms with van der Waals surface area (Å²) in [5.74, 6) is 0.150. The summed E-state index contributed by atoms with van der Waals surface area (Å²) in [4.78, 5) is 0. The van der Waals surface area contributed by atoms with Gasteiger partial charge in [-0.1, -0.05) is 49.4 Å². The van der Waals surface area contributed by atoms with Crippen molar-refractivity contribution < 1.29 is 4.39 Å². The van der Waals surface area contributed by atoms with Crippen molar-refractivity contribution >= 4 is 0 Å². The minimum absolute atomic E-state index is 0.188. The van der Waals surface area contributed by atoms with Gasteiger partial charge < -0.3 is 5.73 Å². The highest BCUT2D eigenvalue weighted by molar-refractivity contribution is 5.64. The molecule has 0 aliphatic carbocycles. The summed E-state index contributed by atoms with van der Waals surface area (Å²) in [5.41, 5.74) is 8.34. The standard InChI is InChI=1S/C15H16FN/c1-11(10-17)12-6-8-13(9-7-12)14-4-2-3-5-15(14)16/h2-9,11H,10,17H2,1H3/t11-/m1/s1. The molecule has 2 N–H and O–H groups in total. The van der Waals surface area contributed by atoms with Crippen LogP contribution in [0, 0.1) is 5.82 Å². The molecule has 0 fully saturated rings. The molecule has 17 heavy (non-hydrogen) atoms. The second kappa shape index (κ2) is 5.11. The van der Waals surface area contributed by atoms with Crippen molar-refractivity contribution in [1.29, 1.82) is 0 Å². The molecule has 0 saturated heterocycles. The molecule has 1 nitrogen and oxygen atoms in total. The fourth-order valence-corrected chi connectivity index (χ4v) is 1.82. The summed E-state index contributed by atoms with van der Waals surface area (Å²) < 4.78 is 13.6. The Labute approximate surface area is 101 Å². The monoisotopic (exact) mass is 229 g/mol. The third kappa shape index (κ3) is 2.53. The predicted octanol–water partition coefficient (Wildman–Crippen LogP) is 3.55. The van der Waals surface area contributed by atoms with Crippen LogP contribution in [0.3, 0.4) is 0 Å². The lowest BCUT2D eigenvalue weighted by molar-refractivity contribution is 0.631. The third-order valence-corrected chi connectivity index (χ3v) is 3.02. The van der Waals surface area contributed by atoms with Crippen LogP contribution in [-0.4, -0.2) is 6.54 Å². The molecule has 0 saturated carbocycles. The molecule has 0 aromatic heterocycles. The molecule has 88 valence electrons. The molecule has 2 aromatic carbocycles.